The number of hydroxylamine groups is 1. The lowest BCUT2D eigenvalue weighted by molar-refractivity contribution is 0.00442. The zero-order valence-corrected chi connectivity index (χ0v) is 17.2. The molecule has 0 aromatic heterocycles. The van der Waals surface area contributed by atoms with Crippen LogP contribution in [0, 0.1) is 0 Å². The molecule has 1 atom stereocenters. The van der Waals surface area contributed by atoms with E-state index in [-0.39, 0.29) is 6.10 Å². The summed E-state index contributed by atoms with van der Waals surface area (Å²) in [5.41, 5.74) is 1.77. The molecule has 7 heteroatoms. The first-order valence-corrected chi connectivity index (χ1v) is 10.1. The second kappa shape index (κ2) is 8.71. The van der Waals surface area contributed by atoms with Gasteiger partial charge in [0.25, 0.3) is 6.23 Å². The summed E-state index contributed by atoms with van der Waals surface area (Å²) in [6.45, 7) is 7.57. The summed E-state index contributed by atoms with van der Waals surface area (Å²) in [7, 11) is 1.64. The van der Waals surface area contributed by atoms with Crippen molar-refractivity contribution in [2.45, 2.75) is 26.2 Å². The van der Waals surface area contributed by atoms with Crippen LogP contribution in [-0.4, -0.2) is 56.4 Å². The molecule has 1 fully saturated rings. The molecule has 0 aliphatic carbocycles. The minimum Gasteiger partial charge on any atom is -0.493 e. The fraction of sp³-hybridized carbons (Fsp3) is 0.409. The van der Waals surface area contributed by atoms with Gasteiger partial charge in [-0.2, -0.15) is 0 Å². The highest BCUT2D eigenvalue weighted by atomic mass is 16.7. The number of aliphatic imine (C=N–C) groups is 1. The van der Waals surface area contributed by atoms with Gasteiger partial charge in [0.1, 0.15) is 0 Å². The third kappa shape index (κ3) is 4.16. The van der Waals surface area contributed by atoms with Crippen molar-refractivity contribution in [3.8, 4) is 11.5 Å². The van der Waals surface area contributed by atoms with E-state index in [4.69, 9.17) is 19.3 Å². The fourth-order valence-corrected chi connectivity index (χ4v) is 3.55. The Morgan fingerprint density at radius 1 is 1.00 bits per heavy atom. The first-order chi connectivity index (χ1) is 14.2. The summed E-state index contributed by atoms with van der Waals surface area (Å²) in [6, 6.07) is 15.7. The number of piperazine rings is 1. The number of nitrogens with zero attached hydrogens (tertiary/aromatic N) is 3. The van der Waals surface area contributed by atoms with Crippen LogP contribution >= 0.6 is 0 Å². The number of nitrogens with one attached hydrogen (secondary N) is 1. The molecule has 2 aliphatic rings. The van der Waals surface area contributed by atoms with Gasteiger partial charge in [-0.05, 0) is 38.1 Å². The van der Waals surface area contributed by atoms with E-state index in [9.17, 15) is 0 Å². The van der Waals surface area contributed by atoms with E-state index in [0.29, 0.717) is 11.5 Å². The van der Waals surface area contributed by atoms with Crippen LogP contribution in [0.3, 0.4) is 0 Å². The Balaban J connectivity index is 1.77. The first-order valence-electron chi connectivity index (χ1n) is 10.1. The van der Waals surface area contributed by atoms with Gasteiger partial charge in [0.15, 0.2) is 17.3 Å². The van der Waals surface area contributed by atoms with Gasteiger partial charge in [-0.1, -0.05) is 24.3 Å². The maximum Gasteiger partial charge on any atom is 0.253 e. The van der Waals surface area contributed by atoms with Gasteiger partial charge >= 0.3 is 0 Å². The van der Waals surface area contributed by atoms with E-state index in [1.165, 1.54) is 0 Å². The van der Waals surface area contributed by atoms with E-state index in [2.05, 4.69) is 10.2 Å². The lowest BCUT2D eigenvalue weighted by Gasteiger charge is -2.42. The van der Waals surface area contributed by atoms with Crippen LogP contribution in [0.15, 0.2) is 53.5 Å². The Morgan fingerprint density at radius 3 is 2.41 bits per heavy atom. The molecule has 0 radical (unpaired) electrons. The van der Waals surface area contributed by atoms with Crippen LogP contribution < -0.4 is 19.9 Å². The summed E-state index contributed by atoms with van der Waals surface area (Å²) < 4.78 is 12.0. The Hall–Kier alpha value is -2.77. The van der Waals surface area contributed by atoms with Gasteiger partial charge in [0, 0.05) is 26.2 Å². The lowest BCUT2D eigenvalue weighted by Crippen LogP contribution is -2.57. The second-order valence-corrected chi connectivity index (χ2v) is 7.30. The molecule has 7 nitrogen and oxygen atoms in total. The monoisotopic (exact) mass is 396 g/mol. The molecular formula is C22H28N4O3. The van der Waals surface area contributed by atoms with Crippen LogP contribution in [0.2, 0.25) is 0 Å². The number of benzene rings is 2. The van der Waals surface area contributed by atoms with Crippen LogP contribution in [0.4, 0.5) is 11.4 Å². The molecule has 0 amide bonds. The fourth-order valence-electron chi connectivity index (χ4n) is 3.55. The van der Waals surface area contributed by atoms with Gasteiger partial charge in [-0.3, -0.25) is 4.84 Å². The molecule has 1 saturated heterocycles. The molecule has 29 heavy (non-hydrogen) atoms. The zero-order chi connectivity index (χ0) is 20.2. The van der Waals surface area contributed by atoms with Crippen molar-refractivity contribution < 1.29 is 14.3 Å². The third-order valence-corrected chi connectivity index (χ3v) is 4.86. The highest BCUT2D eigenvalue weighted by Crippen LogP contribution is 2.38. The minimum atomic E-state index is -0.526. The molecule has 0 spiro atoms. The predicted octanol–water partition coefficient (Wildman–Crippen LogP) is 3.20. The van der Waals surface area contributed by atoms with E-state index < -0.39 is 6.23 Å². The molecule has 2 aromatic carbocycles. The van der Waals surface area contributed by atoms with Gasteiger partial charge < -0.3 is 19.7 Å². The topological polar surface area (TPSA) is 58.6 Å². The molecule has 0 saturated carbocycles. The number of hydrogen-bond acceptors (Lipinski definition) is 7. The van der Waals surface area contributed by atoms with E-state index in [0.717, 1.165) is 43.4 Å². The van der Waals surface area contributed by atoms with Gasteiger partial charge in [-0.15, -0.1) is 0 Å². The molecule has 2 aliphatic heterocycles. The summed E-state index contributed by atoms with van der Waals surface area (Å²) in [5.74, 6) is 2.17. The Bertz CT molecular complexity index is 865. The maximum absolute atomic E-state index is 6.50. The number of methoxy groups -OCH3 is 1. The van der Waals surface area contributed by atoms with Crippen molar-refractivity contribution in [3.05, 3.63) is 48.5 Å². The average Bonchev–Trinajstić information content (AvgIpc) is 2.75. The molecule has 2 aromatic rings. The lowest BCUT2D eigenvalue weighted by atomic mass is 10.2. The van der Waals surface area contributed by atoms with Crippen LogP contribution in [0.5, 0.6) is 11.5 Å². The predicted molar refractivity (Wildman–Crippen MR) is 114 cm³/mol. The summed E-state index contributed by atoms with van der Waals surface area (Å²) in [6.07, 6.45) is -0.545. The van der Waals surface area contributed by atoms with Crippen LogP contribution in [0.25, 0.3) is 0 Å². The van der Waals surface area contributed by atoms with E-state index in [1.54, 1.807) is 7.11 Å². The quantitative estimate of drug-likeness (QED) is 0.838. The molecule has 1 unspecified atom stereocenters. The third-order valence-electron chi connectivity index (χ3n) is 4.86. The molecule has 0 bridgehead atoms. The molecule has 154 valence electrons. The van der Waals surface area contributed by atoms with Crippen molar-refractivity contribution in [2.24, 2.45) is 4.99 Å². The van der Waals surface area contributed by atoms with E-state index in [1.807, 2.05) is 67.4 Å². The standard InChI is InChI=1S/C22H28N4O3/c1-16(2)29-26-18-9-5-4-8-17(18)24-21(25-14-12-23-13-15-25)22(26)28-20-11-7-6-10-19(20)27-3/h4-11,16,22-23H,12-15H2,1-3H3. The maximum atomic E-state index is 6.50. The number of amidine groups is 1. The largest absolute Gasteiger partial charge is 0.493 e. The molecule has 2 heterocycles. The van der Waals surface area contributed by atoms with Crippen LogP contribution in [0.1, 0.15) is 13.8 Å². The minimum absolute atomic E-state index is 0.0193. The smallest absolute Gasteiger partial charge is 0.253 e. The Kier molecular flexibility index (Phi) is 5.87. The highest BCUT2D eigenvalue weighted by Gasteiger charge is 2.37. The summed E-state index contributed by atoms with van der Waals surface area (Å²) >= 11 is 0. The van der Waals surface area contributed by atoms with Crippen molar-refractivity contribution in [3.63, 3.8) is 0 Å². The number of ether oxygens (including phenoxy) is 2. The number of hydrogen-bond donors (Lipinski definition) is 1. The van der Waals surface area contributed by atoms with Gasteiger partial charge in [-0.25, -0.2) is 10.1 Å². The van der Waals surface area contributed by atoms with Gasteiger partial charge in [0.05, 0.1) is 24.6 Å². The van der Waals surface area contributed by atoms with Crippen molar-refractivity contribution >= 4 is 17.2 Å². The second-order valence-electron chi connectivity index (χ2n) is 7.30. The SMILES string of the molecule is COc1ccccc1OC1C(N2CCNCC2)=Nc2ccccc2N1OC(C)C. The Labute approximate surface area is 171 Å². The van der Waals surface area contributed by atoms with E-state index >= 15 is 0 Å². The Morgan fingerprint density at radius 2 is 1.69 bits per heavy atom. The summed E-state index contributed by atoms with van der Waals surface area (Å²) in [4.78, 5) is 13.5. The summed E-state index contributed by atoms with van der Waals surface area (Å²) in [5, 5.41) is 5.24. The first kappa shape index (κ1) is 19.5. The normalized spacial score (nSPS) is 19.0. The van der Waals surface area contributed by atoms with Crippen molar-refractivity contribution in [2.75, 3.05) is 38.4 Å². The molecule has 1 N–H and O–H groups in total. The molecular weight excluding hydrogens is 368 g/mol. The molecule has 4 rings (SSSR count). The number of anilines is 1. The number of fused-ring (bicyclic) bond motifs is 1. The van der Waals surface area contributed by atoms with Crippen molar-refractivity contribution in [1.82, 2.24) is 10.2 Å². The zero-order valence-electron chi connectivity index (χ0n) is 17.2. The van der Waals surface area contributed by atoms with Gasteiger partial charge in [0.2, 0.25) is 0 Å². The highest BCUT2D eigenvalue weighted by molar-refractivity contribution is 5.96. The number of para-hydroxylation sites is 4. The number of rotatable bonds is 5. The average molecular weight is 396 g/mol. The van der Waals surface area contributed by atoms with Crippen molar-refractivity contribution in [1.29, 1.82) is 0 Å². The van der Waals surface area contributed by atoms with Crippen LogP contribution in [-0.2, 0) is 4.84 Å².